The number of phenolic OH excluding ortho intramolecular Hbond substituents is 2. The van der Waals surface area contributed by atoms with Crippen molar-refractivity contribution >= 4 is 11.0 Å². The van der Waals surface area contributed by atoms with Crippen molar-refractivity contribution in [2.45, 2.75) is 0 Å². The summed E-state index contributed by atoms with van der Waals surface area (Å²) in [5.74, 6) is 0.399. The molecule has 0 saturated carbocycles. The van der Waals surface area contributed by atoms with E-state index in [0.717, 1.165) is 44.7 Å². The standard InChI is InChI=1S/C26H18N2O2/c29-21-11-6-18(7-12-21)25-26(19-8-13-22(30)14-9-19)28-24-16-20(10-15-23(24)27-25)17-4-2-1-3-5-17/h1-16,29-30H. The van der Waals surface area contributed by atoms with E-state index in [0.29, 0.717) is 0 Å². The minimum Gasteiger partial charge on any atom is -0.508 e. The van der Waals surface area contributed by atoms with Gasteiger partial charge in [0.25, 0.3) is 0 Å². The Hall–Kier alpha value is -4.18. The Bertz CT molecular complexity index is 1330. The van der Waals surface area contributed by atoms with Crippen LogP contribution in [0.2, 0.25) is 0 Å². The van der Waals surface area contributed by atoms with E-state index in [1.807, 2.05) is 60.7 Å². The molecule has 0 aliphatic rings. The van der Waals surface area contributed by atoms with Gasteiger partial charge >= 0.3 is 0 Å². The molecule has 0 radical (unpaired) electrons. The molecule has 0 saturated heterocycles. The lowest BCUT2D eigenvalue weighted by molar-refractivity contribution is 0.475. The monoisotopic (exact) mass is 390 g/mol. The first kappa shape index (κ1) is 17.9. The summed E-state index contributed by atoms with van der Waals surface area (Å²) < 4.78 is 0. The van der Waals surface area contributed by atoms with Crippen LogP contribution in [0.4, 0.5) is 0 Å². The lowest BCUT2D eigenvalue weighted by Crippen LogP contribution is -1.96. The van der Waals surface area contributed by atoms with Gasteiger partial charge in [-0.2, -0.15) is 0 Å². The molecule has 1 aromatic heterocycles. The number of nitrogens with zero attached hydrogens (tertiary/aromatic N) is 2. The molecule has 5 rings (SSSR count). The summed E-state index contributed by atoms with van der Waals surface area (Å²) in [6.45, 7) is 0. The van der Waals surface area contributed by atoms with Gasteiger partial charge in [0.1, 0.15) is 11.5 Å². The number of aromatic nitrogens is 2. The van der Waals surface area contributed by atoms with Gasteiger partial charge in [-0.15, -0.1) is 0 Å². The molecule has 2 N–H and O–H groups in total. The second-order valence-electron chi connectivity index (χ2n) is 7.08. The highest BCUT2D eigenvalue weighted by Gasteiger charge is 2.14. The molecule has 0 spiro atoms. The van der Waals surface area contributed by atoms with Crippen LogP contribution in [0.3, 0.4) is 0 Å². The Labute approximate surface area is 173 Å². The summed E-state index contributed by atoms with van der Waals surface area (Å²) in [5, 5.41) is 19.4. The Balaban J connectivity index is 1.74. The number of rotatable bonds is 3. The zero-order chi connectivity index (χ0) is 20.5. The number of hydrogen-bond acceptors (Lipinski definition) is 4. The molecule has 30 heavy (non-hydrogen) atoms. The minimum atomic E-state index is 0.199. The Morgan fingerprint density at radius 1 is 0.433 bits per heavy atom. The molecule has 0 unspecified atom stereocenters. The molecule has 0 fully saturated rings. The molecule has 144 valence electrons. The highest BCUT2D eigenvalue weighted by atomic mass is 16.3. The zero-order valence-electron chi connectivity index (χ0n) is 16.0. The van der Waals surface area contributed by atoms with E-state index in [-0.39, 0.29) is 11.5 Å². The van der Waals surface area contributed by atoms with Crippen molar-refractivity contribution < 1.29 is 10.2 Å². The molecule has 0 aliphatic heterocycles. The highest BCUT2D eigenvalue weighted by Crippen LogP contribution is 2.33. The van der Waals surface area contributed by atoms with Gasteiger partial charge in [-0.3, -0.25) is 0 Å². The fraction of sp³-hybridized carbons (Fsp3) is 0. The normalized spacial score (nSPS) is 10.9. The minimum absolute atomic E-state index is 0.199. The van der Waals surface area contributed by atoms with E-state index < -0.39 is 0 Å². The first-order valence-corrected chi connectivity index (χ1v) is 9.63. The SMILES string of the molecule is Oc1ccc(-c2nc3ccc(-c4ccccc4)cc3nc2-c2ccc(O)cc2)cc1. The number of fused-ring (bicyclic) bond motifs is 1. The van der Waals surface area contributed by atoms with Gasteiger partial charge in [0, 0.05) is 11.1 Å². The Kier molecular flexibility index (Phi) is 4.37. The van der Waals surface area contributed by atoms with Crippen LogP contribution in [-0.2, 0) is 0 Å². The predicted octanol–water partition coefficient (Wildman–Crippen LogP) is 6.04. The first-order valence-electron chi connectivity index (χ1n) is 9.63. The van der Waals surface area contributed by atoms with Gasteiger partial charge in [0.2, 0.25) is 0 Å². The van der Waals surface area contributed by atoms with Crippen LogP contribution < -0.4 is 0 Å². The van der Waals surface area contributed by atoms with Crippen LogP contribution in [0.1, 0.15) is 0 Å². The summed E-state index contributed by atoms with van der Waals surface area (Å²) in [6, 6.07) is 30.1. The van der Waals surface area contributed by atoms with E-state index >= 15 is 0 Å². The van der Waals surface area contributed by atoms with Crippen LogP contribution in [-0.4, -0.2) is 20.2 Å². The van der Waals surface area contributed by atoms with Crippen LogP contribution in [0.15, 0.2) is 97.1 Å². The fourth-order valence-corrected chi connectivity index (χ4v) is 3.51. The van der Waals surface area contributed by atoms with Crippen LogP contribution in [0.5, 0.6) is 11.5 Å². The Morgan fingerprint density at radius 3 is 1.50 bits per heavy atom. The van der Waals surface area contributed by atoms with E-state index in [1.54, 1.807) is 24.3 Å². The van der Waals surface area contributed by atoms with Gasteiger partial charge in [-0.1, -0.05) is 36.4 Å². The summed E-state index contributed by atoms with van der Waals surface area (Å²) in [6.07, 6.45) is 0. The topological polar surface area (TPSA) is 66.2 Å². The van der Waals surface area contributed by atoms with Crippen molar-refractivity contribution in [2.24, 2.45) is 0 Å². The van der Waals surface area contributed by atoms with Crippen molar-refractivity contribution in [3.8, 4) is 45.1 Å². The molecule has 0 amide bonds. The molecule has 5 aromatic rings. The molecule has 0 aliphatic carbocycles. The van der Waals surface area contributed by atoms with Crippen molar-refractivity contribution in [1.29, 1.82) is 0 Å². The zero-order valence-corrected chi connectivity index (χ0v) is 16.0. The van der Waals surface area contributed by atoms with E-state index in [9.17, 15) is 10.2 Å². The number of aromatic hydroxyl groups is 2. The van der Waals surface area contributed by atoms with E-state index in [1.165, 1.54) is 0 Å². The quantitative estimate of drug-likeness (QED) is 0.394. The Morgan fingerprint density at radius 2 is 0.933 bits per heavy atom. The van der Waals surface area contributed by atoms with Crippen molar-refractivity contribution in [1.82, 2.24) is 9.97 Å². The second-order valence-corrected chi connectivity index (χ2v) is 7.08. The molecule has 1 heterocycles. The molecular formula is C26H18N2O2. The van der Waals surface area contributed by atoms with Crippen LogP contribution in [0.25, 0.3) is 44.7 Å². The van der Waals surface area contributed by atoms with E-state index in [4.69, 9.17) is 9.97 Å². The predicted molar refractivity (Wildman–Crippen MR) is 119 cm³/mol. The lowest BCUT2D eigenvalue weighted by atomic mass is 10.0. The summed E-state index contributed by atoms with van der Waals surface area (Å²) in [4.78, 5) is 9.86. The molecule has 0 bridgehead atoms. The fourth-order valence-electron chi connectivity index (χ4n) is 3.51. The highest BCUT2D eigenvalue weighted by molar-refractivity contribution is 5.88. The van der Waals surface area contributed by atoms with E-state index in [2.05, 4.69) is 12.1 Å². The number of phenols is 2. The van der Waals surface area contributed by atoms with Gasteiger partial charge < -0.3 is 10.2 Å². The summed E-state index contributed by atoms with van der Waals surface area (Å²) >= 11 is 0. The maximum absolute atomic E-state index is 9.69. The third kappa shape index (κ3) is 3.35. The largest absolute Gasteiger partial charge is 0.508 e. The van der Waals surface area contributed by atoms with Crippen molar-refractivity contribution in [2.75, 3.05) is 0 Å². The van der Waals surface area contributed by atoms with Gasteiger partial charge in [0.05, 0.1) is 22.4 Å². The lowest BCUT2D eigenvalue weighted by Gasteiger charge is -2.12. The average molecular weight is 390 g/mol. The van der Waals surface area contributed by atoms with Gasteiger partial charge in [0.15, 0.2) is 0 Å². The third-order valence-corrected chi connectivity index (χ3v) is 5.05. The maximum atomic E-state index is 9.69. The van der Waals surface area contributed by atoms with Gasteiger partial charge in [-0.25, -0.2) is 9.97 Å². The molecule has 4 nitrogen and oxygen atoms in total. The second kappa shape index (κ2) is 7.33. The summed E-state index contributed by atoms with van der Waals surface area (Å²) in [7, 11) is 0. The average Bonchev–Trinajstić information content (AvgIpc) is 2.79. The summed E-state index contributed by atoms with van der Waals surface area (Å²) in [5.41, 5.74) is 6.94. The first-order chi connectivity index (χ1) is 14.7. The number of hydrogen-bond donors (Lipinski definition) is 2. The van der Waals surface area contributed by atoms with Crippen molar-refractivity contribution in [3.63, 3.8) is 0 Å². The molecule has 4 heteroatoms. The smallest absolute Gasteiger partial charge is 0.115 e. The van der Waals surface area contributed by atoms with Gasteiger partial charge in [-0.05, 0) is 71.8 Å². The maximum Gasteiger partial charge on any atom is 0.115 e. The van der Waals surface area contributed by atoms with Crippen LogP contribution in [0, 0.1) is 0 Å². The third-order valence-electron chi connectivity index (χ3n) is 5.05. The van der Waals surface area contributed by atoms with Crippen LogP contribution >= 0.6 is 0 Å². The van der Waals surface area contributed by atoms with Crippen molar-refractivity contribution in [3.05, 3.63) is 97.1 Å². The molecule has 4 aromatic carbocycles. The molecular weight excluding hydrogens is 372 g/mol. The molecule has 0 atom stereocenters. The number of benzene rings is 4.